The number of aromatic nitrogens is 1. The lowest BCUT2D eigenvalue weighted by Gasteiger charge is -2.17. The highest BCUT2D eigenvalue weighted by molar-refractivity contribution is 5.89. The number of hydrogen-bond donors (Lipinski definition) is 0. The molecule has 7 nitrogen and oxygen atoms in total. The molecule has 0 fully saturated rings. The van der Waals surface area contributed by atoms with E-state index in [0.717, 1.165) is 17.0 Å². The van der Waals surface area contributed by atoms with E-state index in [2.05, 4.69) is 16.8 Å². The minimum Gasteiger partial charge on any atom is -0.493 e. The number of aryl methyl sites for hydroxylation is 1. The average molecular weight is 476 g/mol. The number of nitrogens with zero attached hydrogens (tertiary/aromatic N) is 1. The molecule has 1 atom stereocenters. The fourth-order valence-electron chi connectivity index (χ4n) is 3.17. The summed E-state index contributed by atoms with van der Waals surface area (Å²) in [5.41, 5.74) is 1.65. The predicted octanol–water partition coefficient (Wildman–Crippen LogP) is 5.22. The summed E-state index contributed by atoms with van der Waals surface area (Å²) in [6.07, 6.45) is -0.382. The van der Waals surface area contributed by atoms with Gasteiger partial charge in [0.25, 0.3) is 0 Å². The van der Waals surface area contributed by atoms with Crippen molar-refractivity contribution in [3.8, 4) is 29.0 Å². The molecule has 7 heteroatoms. The molecule has 0 radical (unpaired) electrons. The van der Waals surface area contributed by atoms with E-state index in [0.29, 0.717) is 30.2 Å². The van der Waals surface area contributed by atoms with Gasteiger partial charge in [0.05, 0.1) is 12.3 Å². The van der Waals surface area contributed by atoms with Gasteiger partial charge in [-0.3, -0.25) is 4.79 Å². The molecule has 0 bridgehead atoms. The van der Waals surface area contributed by atoms with Crippen LogP contribution in [0.15, 0.2) is 59.0 Å². The van der Waals surface area contributed by atoms with Gasteiger partial charge in [0.1, 0.15) is 17.1 Å². The van der Waals surface area contributed by atoms with Crippen molar-refractivity contribution in [3.05, 3.63) is 71.6 Å². The molecule has 3 rings (SSSR count). The van der Waals surface area contributed by atoms with Crippen LogP contribution < -0.4 is 4.74 Å². The maximum Gasteiger partial charge on any atom is 0.385 e. The molecule has 2 aromatic carbocycles. The third kappa shape index (κ3) is 8.04. The van der Waals surface area contributed by atoms with Crippen LogP contribution in [0.4, 0.5) is 0 Å². The Morgan fingerprint density at radius 3 is 2.51 bits per heavy atom. The summed E-state index contributed by atoms with van der Waals surface area (Å²) in [7, 11) is 0. The van der Waals surface area contributed by atoms with Crippen molar-refractivity contribution in [2.24, 2.45) is 0 Å². The van der Waals surface area contributed by atoms with Gasteiger partial charge in [-0.1, -0.05) is 30.3 Å². The molecule has 182 valence electrons. The van der Waals surface area contributed by atoms with Crippen LogP contribution >= 0.6 is 0 Å². The fourth-order valence-corrected chi connectivity index (χ4v) is 3.17. The second-order valence-corrected chi connectivity index (χ2v) is 8.82. The highest BCUT2D eigenvalue weighted by Gasteiger charge is 2.17. The average Bonchev–Trinajstić information content (AvgIpc) is 3.16. The minimum absolute atomic E-state index is 0.368. The number of esters is 2. The highest BCUT2D eigenvalue weighted by atomic mass is 16.6. The Morgan fingerprint density at radius 1 is 1.09 bits per heavy atom. The van der Waals surface area contributed by atoms with E-state index >= 15 is 0 Å². The van der Waals surface area contributed by atoms with E-state index in [4.69, 9.17) is 18.6 Å². The van der Waals surface area contributed by atoms with Gasteiger partial charge in [-0.25, -0.2) is 9.78 Å². The molecular formula is C28H29NO6. The van der Waals surface area contributed by atoms with Crippen molar-refractivity contribution >= 4 is 11.9 Å². The summed E-state index contributed by atoms with van der Waals surface area (Å²) in [6, 6.07) is 16.7. The third-order valence-electron chi connectivity index (χ3n) is 4.67. The van der Waals surface area contributed by atoms with Crippen molar-refractivity contribution in [2.45, 2.75) is 52.7 Å². The Hall–Kier alpha value is -4.05. The lowest BCUT2D eigenvalue weighted by Crippen LogP contribution is -2.23. The molecule has 1 heterocycles. The first-order valence-corrected chi connectivity index (χ1v) is 11.3. The van der Waals surface area contributed by atoms with Gasteiger partial charge >= 0.3 is 11.9 Å². The molecular weight excluding hydrogens is 446 g/mol. The number of carbonyl (C=O) groups is 2. The van der Waals surface area contributed by atoms with E-state index in [1.54, 1.807) is 45.0 Å². The van der Waals surface area contributed by atoms with E-state index < -0.39 is 23.6 Å². The Balaban J connectivity index is 1.67. The normalized spacial score (nSPS) is 11.7. The van der Waals surface area contributed by atoms with Gasteiger partial charge in [0.2, 0.25) is 5.89 Å². The second kappa shape index (κ2) is 11.4. The number of ether oxygens (including phenoxy) is 3. The molecule has 0 saturated carbocycles. The third-order valence-corrected chi connectivity index (χ3v) is 4.67. The van der Waals surface area contributed by atoms with Crippen LogP contribution in [0.1, 0.15) is 50.8 Å². The minimum atomic E-state index is -0.935. The van der Waals surface area contributed by atoms with Crippen LogP contribution in [-0.2, 0) is 25.5 Å². The lowest BCUT2D eigenvalue weighted by molar-refractivity contribution is -0.148. The molecule has 0 aliphatic heterocycles. The van der Waals surface area contributed by atoms with Crippen LogP contribution in [0.25, 0.3) is 11.5 Å². The molecule has 0 aliphatic rings. The van der Waals surface area contributed by atoms with E-state index in [1.165, 1.54) is 6.92 Å². The zero-order valence-corrected chi connectivity index (χ0v) is 20.6. The van der Waals surface area contributed by atoms with Crippen molar-refractivity contribution in [3.63, 3.8) is 0 Å². The summed E-state index contributed by atoms with van der Waals surface area (Å²) in [5, 5.41) is 0. The van der Waals surface area contributed by atoms with Crippen molar-refractivity contribution in [1.82, 2.24) is 4.98 Å². The highest BCUT2D eigenvalue weighted by Crippen LogP contribution is 2.24. The number of hydrogen-bond acceptors (Lipinski definition) is 7. The molecule has 0 aliphatic carbocycles. The quantitative estimate of drug-likeness (QED) is 0.263. The van der Waals surface area contributed by atoms with Crippen molar-refractivity contribution < 1.29 is 28.2 Å². The monoisotopic (exact) mass is 475 g/mol. The summed E-state index contributed by atoms with van der Waals surface area (Å²) in [4.78, 5) is 28.2. The first-order chi connectivity index (χ1) is 16.6. The zero-order chi connectivity index (χ0) is 25.4. The maximum absolute atomic E-state index is 12.0. The molecule has 1 aromatic heterocycles. The summed E-state index contributed by atoms with van der Waals surface area (Å²) in [5.74, 6) is 5.76. The molecule has 3 aromatic rings. The van der Waals surface area contributed by atoms with Gasteiger partial charge in [-0.15, -0.1) is 0 Å². The van der Waals surface area contributed by atoms with Crippen LogP contribution in [0.3, 0.4) is 0 Å². The van der Waals surface area contributed by atoms with Crippen LogP contribution in [0.5, 0.6) is 5.75 Å². The number of benzene rings is 2. The zero-order valence-electron chi connectivity index (χ0n) is 20.6. The molecule has 0 spiro atoms. The van der Waals surface area contributed by atoms with Crippen LogP contribution in [-0.4, -0.2) is 29.1 Å². The summed E-state index contributed by atoms with van der Waals surface area (Å²) >= 11 is 0. The second-order valence-electron chi connectivity index (χ2n) is 8.82. The number of carbonyl (C=O) groups excluding carboxylic acids is 2. The van der Waals surface area contributed by atoms with Crippen LogP contribution in [0.2, 0.25) is 0 Å². The summed E-state index contributed by atoms with van der Waals surface area (Å²) < 4.78 is 22.2. The Morgan fingerprint density at radius 2 is 1.83 bits per heavy atom. The molecule has 0 saturated heterocycles. The van der Waals surface area contributed by atoms with Gasteiger partial charge in [0, 0.05) is 30.4 Å². The predicted molar refractivity (Wildman–Crippen MR) is 130 cm³/mol. The first kappa shape index (κ1) is 25.6. The maximum atomic E-state index is 12.0. The van der Waals surface area contributed by atoms with Crippen molar-refractivity contribution in [2.75, 3.05) is 6.61 Å². The molecule has 1 unspecified atom stereocenters. The first-order valence-electron chi connectivity index (χ1n) is 11.3. The number of oxazole rings is 1. The smallest absolute Gasteiger partial charge is 0.385 e. The molecule has 35 heavy (non-hydrogen) atoms. The standard InChI is InChI=1S/C28H29NO6/c1-19-24(29-27(33-19)21-10-7-6-8-11-21)16-17-32-23-13-9-12-22(18-23)25(34-20(2)30)14-15-26(31)35-28(3,4)5/h6-13,18,25H,16-17H2,1-5H3. The van der Waals surface area contributed by atoms with Gasteiger partial charge < -0.3 is 18.6 Å². The topological polar surface area (TPSA) is 87.9 Å². The van der Waals surface area contributed by atoms with E-state index in [-0.39, 0.29) is 0 Å². The van der Waals surface area contributed by atoms with Gasteiger partial charge in [0.15, 0.2) is 6.10 Å². The SMILES string of the molecule is CC(=O)OC(C#CC(=O)OC(C)(C)C)c1cccc(OCCc2nc(-c3ccccc3)oc2C)c1. The largest absolute Gasteiger partial charge is 0.493 e. The van der Waals surface area contributed by atoms with Gasteiger partial charge in [-0.2, -0.15) is 0 Å². The lowest BCUT2D eigenvalue weighted by atomic mass is 10.1. The molecule has 0 amide bonds. The van der Waals surface area contributed by atoms with E-state index in [9.17, 15) is 9.59 Å². The Labute approximate surface area is 205 Å². The fraction of sp³-hybridized carbons (Fsp3) is 0.321. The van der Waals surface area contributed by atoms with Crippen LogP contribution in [0, 0.1) is 18.8 Å². The Bertz CT molecular complexity index is 1230. The number of rotatable bonds is 7. The van der Waals surface area contributed by atoms with E-state index in [1.807, 2.05) is 37.3 Å². The summed E-state index contributed by atoms with van der Waals surface area (Å²) in [6.45, 7) is 8.78. The Kier molecular flexibility index (Phi) is 8.32. The van der Waals surface area contributed by atoms with Gasteiger partial charge in [-0.05, 0) is 57.9 Å². The van der Waals surface area contributed by atoms with Crippen molar-refractivity contribution in [1.29, 1.82) is 0 Å². The molecule has 0 N–H and O–H groups in total.